The number of benzene rings is 4. The summed E-state index contributed by atoms with van der Waals surface area (Å²) in [5.74, 6) is -0.538. The Kier molecular flexibility index (Phi) is 7.40. The molecule has 5 aromatic rings. The van der Waals surface area contributed by atoms with Crippen LogP contribution < -0.4 is 5.56 Å². The highest BCUT2D eigenvalue weighted by atomic mass is 79.9. The molecular weight excluding hydrogens is 643 g/mol. The molecule has 0 bridgehead atoms. The molecule has 1 aliphatic rings. The number of aromatic nitrogens is 1. The highest BCUT2D eigenvalue weighted by molar-refractivity contribution is 9.10. The van der Waals surface area contributed by atoms with E-state index in [4.69, 9.17) is 28.3 Å². The molecule has 8 nitrogen and oxygen atoms in total. The molecule has 1 aliphatic heterocycles. The van der Waals surface area contributed by atoms with E-state index in [9.17, 15) is 19.7 Å². The highest BCUT2D eigenvalue weighted by Crippen LogP contribution is 2.39. The number of nitro benzene ring substituents is 1. The topological polar surface area (TPSA) is 109 Å². The van der Waals surface area contributed by atoms with Gasteiger partial charge in [0.2, 0.25) is 0 Å². The Hall–Kier alpha value is -4.31. The fourth-order valence-electron chi connectivity index (χ4n) is 5.19. The first-order valence-electron chi connectivity index (χ1n) is 12.7. The summed E-state index contributed by atoms with van der Waals surface area (Å²) in [6, 6.07) is 24.8. The van der Waals surface area contributed by atoms with Crippen molar-refractivity contribution < 1.29 is 9.72 Å². The summed E-state index contributed by atoms with van der Waals surface area (Å²) >= 11 is 16.0. The lowest BCUT2D eigenvalue weighted by Gasteiger charge is -2.22. The number of hydrogen-bond acceptors (Lipinski definition) is 5. The Bertz CT molecular complexity index is 2000. The van der Waals surface area contributed by atoms with E-state index in [0.717, 1.165) is 15.4 Å². The number of nitrogens with one attached hydrogen (secondary N) is 1. The van der Waals surface area contributed by atoms with E-state index in [1.807, 2.05) is 48.5 Å². The number of nitrogens with zero attached hydrogens (tertiary/aromatic N) is 3. The van der Waals surface area contributed by atoms with E-state index < -0.39 is 16.9 Å². The van der Waals surface area contributed by atoms with E-state index in [0.29, 0.717) is 32.9 Å². The van der Waals surface area contributed by atoms with Gasteiger partial charge in [-0.2, -0.15) is 5.10 Å². The van der Waals surface area contributed by atoms with E-state index >= 15 is 0 Å². The lowest BCUT2D eigenvalue weighted by Crippen LogP contribution is -2.27. The number of nitro groups is 1. The van der Waals surface area contributed by atoms with Gasteiger partial charge < -0.3 is 4.98 Å². The van der Waals surface area contributed by atoms with Crippen LogP contribution in [0.4, 0.5) is 5.69 Å². The molecule has 0 radical (unpaired) electrons. The van der Waals surface area contributed by atoms with Crippen LogP contribution in [-0.4, -0.2) is 26.5 Å². The fraction of sp³-hybridized carbons (Fsp3) is 0.0645. The molecule has 0 fully saturated rings. The maximum Gasteiger partial charge on any atom is 0.276 e. The number of hydrazone groups is 1. The smallest absolute Gasteiger partial charge is 0.276 e. The Balaban J connectivity index is 1.58. The third-order valence-corrected chi connectivity index (χ3v) is 8.11. The van der Waals surface area contributed by atoms with E-state index in [1.165, 1.54) is 29.3 Å². The maximum atomic E-state index is 13.9. The molecule has 4 aromatic carbocycles. The minimum absolute atomic E-state index is 0.126. The third-order valence-electron chi connectivity index (χ3n) is 7.07. The van der Waals surface area contributed by atoms with E-state index in [2.05, 4.69) is 20.9 Å². The molecule has 0 spiro atoms. The number of fused-ring (bicyclic) bond motifs is 1. The van der Waals surface area contributed by atoms with Crippen LogP contribution in [0.5, 0.6) is 0 Å². The van der Waals surface area contributed by atoms with Crippen molar-refractivity contribution in [2.75, 3.05) is 0 Å². The average molecular weight is 662 g/mol. The second kappa shape index (κ2) is 11.2. The molecule has 1 atom stereocenters. The fourth-order valence-corrected chi connectivity index (χ4v) is 6.04. The van der Waals surface area contributed by atoms with Crippen molar-refractivity contribution in [2.24, 2.45) is 5.10 Å². The van der Waals surface area contributed by atoms with Crippen molar-refractivity contribution in [1.29, 1.82) is 0 Å². The number of non-ortho nitro benzene ring substituents is 1. The monoisotopic (exact) mass is 660 g/mol. The van der Waals surface area contributed by atoms with Gasteiger partial charge in [-0.1, -0.05) is 81.6 Å². The zero-order valence-corrected chi connectivity index (χ0v) is 24.7. The van der Waals surface area contributed by atoms with Crippen molar-refractivity contribution in [2.45, 2.75) is 12.5 Å². The average Bonchev–Trinajstić information content (AvgIpc) is 3.42. The number of hydrogen-bond donors (Lipinski definition) is 1. The minimum atomic E-state index is -0.750. The molecule has 1 aromatic heterocycles. The van der Waals surface area contributed by atoms with Gasteiger partial charge in [-0.05, 0) is 47.5 Å². The molecule has 0 saturated heterocycles. The number of aromatic amines is 1. The molecule has 42 heavy (non-hydrogen) atoms. The SMILES string of the molecule is O=C(c1ccc(Cl)cc1Cl)N1N=C(c2c(-c3ccccc3)c3cc(Br)ccc3[nH]c2=O)CC1c1cccc([N+](=O)[O-])c1. The maximum absolute atomic E-state index is 13.9. The Labute approximate surface area is 257 Å². The quantitative estimate of drug-likeness (QED) is 0.151. The standard InChI is InChI=1S/C31H19BrCl2N4O4/c32-19-9-12-25-23(14-19)28(17-5-2-1-3-6-17)29(30(39)35-25)26-16-27(18-7-4-8-21(13-18)38(41)42)37(36-26)31(40)22-11-10-20(33)15-24(22)34/h1-15,27H,16H2,(H,35,39). The largest absolute Gasteiger partial charge is 0.321 e. The van der Waals surface area contributed by atoms with Crippen LogP contribution in [0, 0.1) is 10.1 Å². The van der Waals surface area contributed by atoms with Crippen LogP contribution in [0.1, 0.15) is 33.9 Å². The molecule has 6 rings (SSSR count). The first kappa shape index (κ1) is 27.8. The molecular formula is C31H19BrCl2N4O4. The predicted molar refractivity (Wildman–Crippen MR) is 167 cm³/mol. The second-order valence-corrected chi connectivity index (χ2v) is 11.4. The van der Waals surface area contributed by atoms with Crippen LogP contribution in [0.25, 0.3) is 22.0 Å². The molecule has 1 amide bonds. The van der Waals surface area contributed by atoms with Gasteiger partial charge in [0, 0.05) is 44.5 Å². The predicted octanol–water partition coefficient (Wildman–Crippen LogP) is 8.16. The number of pyridine rings is 1. The first-order valence-corrected chi connectivity index (χ1v) is 14.3. The summed E-state index contributed by atoms with van der Waals surface area (Å²) in [7, 11) is 0. The van der Waals surface area contributed by atoms with Crippen LogP contribution in [0.3, 0.4) is 0 Å². The summed E-state index contributed by atoms with van der Waals surface area (Å²) < 4.78 is 0.821. The number of rotatable bonds is 5. The normalized spacial score (nSPS) is 14.7. The van der Waals surface area contributed by atoms with Gasteiger partial charge in [0.15, 0.2) is 0 Å². The minimum Gasteiger partial charge on any atom is -0.321 e. The van der Waals surface area contributed by atoms with Crippen molar-refractivity contribution in [3.63, 3.8) is 0 Å². The van der Waals surface area contributed by atoms with Crippen molar-refractivity contribution in [3.05, 3.63) is 143 Å². The van der Waals surface area contributed by atoms with E-state index in [-0.39, 0.29) is 28.3 Å². The lowest BCUT2D eigenvalue weighted by molar-refractivity contribution is -0.384. The number of H-pyrrole nitrogens is 1. The first-order chi connectivity index (χ1) is 20.2. The highest BCUT2D eigenvalue weighted by Gasteiger charge is 2.37. The van der Waals surface area contributed by atoms with Gasteiger partial charge in [0.1, 0.15) is 0 Å². The Morgan fingerprint density at radius 1 is 0.976 bits per heavy atom. The molecule has 2 heterocycles. The Morgan fingerprint density at radius 3 is 2.50 bits per heavy atom. The van der Waals surface area contributed by atoms with Crippen LogP contribution >= 0.6 is 39.1 Å². The number of carbonyl (C=O) groups excluding carboxylic acids is 1. The number of halogens is 3. The summed E-state index contributed by atoms with van der Waals surface area (Å²) in [5.41, 5.74) is 2.89. The van der Waals surface area contributed by atoms with Crippen molar-refractivity contribution >= 4 is 67.3 Å². The van der Waals surface area contributed by atoms with Gasteiger partial charge in [0.05, 0.1) is 32.8 Å². The molecule has 11 heteroatoms. The summed E-state index contributed by atoms with van der Waals surface area (Å²) in [5, 5.41) is 18.8. The lowest BCUT2D eigenvalue weighted by atomic mass is 9.91. The van der Waals surface area contributed by atoms with Gasteiger partial charge in [-0.3, -0.25) is 19.7 Å². The summed E-state index contributed by atoms with van der Waals surface area (Å²) in [6.07, 6.45) is 0.126. The molecule has 1 unspecified atom stereocenters. The zero-order valence-electron chi connectivity index (χ0n) is 21.6. The summed E-state index contributed by atoms with van der Waals surface area (Å²) in [6.45, 7) is 0. The van der Waals surface area contributed by atoms with E-state index in [1.54, 1.807) is 18.2 Å². The second-order valence-electron chi connectivity index (χ2n) is 9.65. The van der Waals surface area contributed by atoms with Gasteiger partial charge in [-0.15, -0.1) is 0 Å². The van der Waals surface area contributed by atoms with Crippen LogP contribution in [0.15, 0.2) is 105 Å². The van der Waals surface area contributed by atoms with Gasteiger partial charge >= 0.3 is 0 Å². The van der Waals surface area contributed by atoms with Crippen LogP contribution in [-0.2, 0) is 0 Å². The van der Waals surface area contributed by atoms with Gasteiger partial charge in [-0.25, -0.2) is 5.01 Å². The zero-order chi connectivity index (χ0) is 29.5. The number of amides is 1. The van der Waals surface area contributed by atoms with Crippen molar-refractivity contribution in [1.82, 2.24) is 9.99 Å². The molecule has 208 valence electrons. The van der Waals surface area contributed by atoms with Crippen molar-refractivity contribution in [3.8, 4) is 11.1 Å². The number of carbonyl (C=O) groups is 1. The Morgan fingerprint density at radius 2 is 1.76 bits per heavy atom. The van der Waals surface area contributed by atoms with Crippen LogP contribution in [0.2, 0.25) is 10.0 Å². The molecule has 1 N–H and O–H groups in total. The molecule has 0 aliphatic carbocycles. The molecule has 0 saturated carbocycles. The van der Waals surface area contributed by atoms with Gasteiger partial charge in [0.25, 0.3) is 17.2 Å². The third kappa shape index (κ3) is 5.11. The summed E-state index contributed by atoms with van der Waals surface area (Å²) in [4.78, 5) is 41.7.